The molecule has 2 unspecified atom stereocenters. The van der Waals surface area contributed by atoms with Crippen LogP contribution in [0.4, 0.5) is 0 Å². The van der Waals surface area contributed by atoms with Gasteiger partial charge in [0.2, 0.25) is 3.79 Å². The van der Waals surface area contributed by atoms with Gasteiger partial charge in [0.1, 0.15) is 12.7 Å². The second-order valence-corrected chi connectivity index (χ2v) is 8.87. The van der Waals surface area contributed by atoms with Gasteiger partial charge in [-0.1, -0.05) is 59.1 Å². The third-order valence-corrected chi connectivity index (χ3v) is 4.45. The van der Waals surface area contributed by atoms with Gasteiger partial charge in [0.05, 0.1) is 6.04 Å². The highest BCUT2D eigenvalue weighted by Gasteiger charge is 2.38. The Bertz CT molecular complexity index is 689. The molecule has 0 heterocycles. The number of fused-ring (bicyclic) bond motifs is 1. The van der Waals surface area contributed by atoms with Gasteiger partial charge in [0, 0.05) is 13.3 Å². The Morgan fingerprint density at radius 3 is 2.61 bits per heavy atom. The van der Waals surface area contributed by atoms with Crippen LogP contribution in [0.5, 0.6) is 0 Å². The smallest absolute Gasteiger partial charge is 0.336 e. The molecule has 1 N–H and O–H groups in total. The molecule has 1 aliphatic carbocycles. The molecule has 1 aliphatic rings. The molecule has 0 amide bonds. The van der Waals surface area contributed by atoms with Gasteiger partial charge in [-0.25, -0.2) is 0 Å². The summed E-state index contributed by atoms with van der Waals surface area (Å²) in [5.74, 6) is -0.505. The van der Waals surface area contributed by atoms with Gasteiger partial charge in [-0.3, -0.25) is 8.98 Å². The first-order chi connectivity index (χ1) is 10.6. The molecule has 0 saturated heterocycles. The van der Waals surface area contributed by atoms with E-state index in [-0.39, 0.29) is 0 Å². The molecule has 128 valence electrons. The molecular formula is C13H14Cl3NO5S. The normalized spacial score (nSPS) is 21.0. The van der Waals surface area contributed by atoms with Gasteiger partial charge in [-0.15, -0.1) is 0 Å². The third-order valence-electron chi connectivity index (χ3n) is 3.15. The minimum Gasteiger partial charge on any atom is -0.460 e. The zero-order valence-electron chi connectivity index (χ0n) is 12.0. The predicted octanol–water partition coefficient (Wildman–Crippen LogP) is 2.44. The number of alkyl halides is 3. The van der Waals surface area contributed by atoms with Crippen LogP contribution in [-0.2, 0) is 30.4 Å². The number of halogens is 3. The molecular weight excluding hydrogens is 389 g/mol. The van der Waals surface area contributed by atoms with E-state index in [2.05, 4.69) is 8.91 Å². The molecule has 0 radical (unpaired) electrons. The van der Waals surface area contributed by atoms with Gasteiger partial charge >= 0.3 is 16.3 Å². The van der Waals surface area contributed by atoms with Crippen LogP contribution in [0.3, 0.4) is 0 Å². The highest BCUT2D eigenvalue weighted by atomic mass is 35.6. The van der Waals surface area contributed by atoms with Crippen molar-refractivity contribution in [2.75, 3.05) is 6.61 Å². The molecule has 6 nitrogen and oxygen atoms in total. The Kier molecular flexibility index (Phi) is 5.81. The Morgan fingerprint density at radius 2 is 2.00 bits per heavy atom. The van der Waals surface area contributed by atoms with Crippen molar-refractivity contribution in [3.63, 3.8) is 0 Å². The number of hydrogen-bond acceptors (Lipinski definition) is 5. The van der Waals surface area contributed by atoms with E-state index in [4.69, 9.17) is 39.5 Å². The van der Waals surface area contributed by atoms with Gasteiger partial charge in [0.25, 0.3) is 0 Å². The maximum Gasteiger partial charge on any atom is 0.336 e. The van der Waals surface area contributed by atoms with Crippen LogP contribution >= 0.6 is 34.8 Å². The maximum atomic E-state index is 12.0. The Balaban J connectivity index is 2.18. The molecule has 1 aromatic rings. The SMILES string of the molecule is CC(=O)OC1Cc2ccccc2C1NS(=O)(=O)OCC(Cl)(Cl)Cl. The lowest BCUT2D eigenvalue weighted by Crippen LogP contribution is -2.38. The summed E-state index contributed by atoms with van der Waals surface area (Å²) in [7, 11) is -4.20. The highest BCUT2D eigenvalue weighted by Crippen LogP contribution is 2.34. The minimum absolute atomic E-state index is 0.396. The van der Waals surface area contributed by atoms with Crippen molar-refractivity contribution in [2.45, 2.75) is 29.3 Å². The van der Waals surface area contributed by atoms with Gasteiger partial charge in [0.15, 0.2) is 0 Å². The number of benzene rings is 1. The van der Waals surface area contributed by atoms with Crippen LogP contribution in [0.2, 0.25) is 0 Å². The minimum atomic E-state index is -4.20. The molecule has 0 spiro atoms. The molecule has 0 saturated carbocycles. The van der Waals surface area contributed by atoms with Crippen molar-refractivity contribution < 1.29 is 22.1 Å². The van der Waals surface area contributed by atoms with Gasteiger partial charge < -0.3 is 4.74 Å². The monoisotopic (exact) mass is 401 g/mol. The van der Waals surface area contributed by atoms with Crippen LogP contribution in [0, 0.1) is 0 Å². The zero-order valence-corrected chi connectivity index (χ0v) is 15.0. The van der Waals surface area contributed by atoms with Gasteiger partial charge in [-0.05, 0) is 11.1 Å². The number of rotatable bonds is 5. The van der Waals surface area contributed by atoms with E-state index in [0.29, 0.717) is 12.0 Å². The molecule has 0 aliphatic heterocycles. The Hall–Kier alpha value is -0.570. The Morgan fingerprint density at radius 1 is 1.35 bits per heavy atom. The molecule has 0 bridgehead atoms. The van der Waals surface area contributed by atoms with E-state index < -0.39 is 38.8 Å². The summed E-state index contributed by atoms with van der Waals surface area (Å²) >= 11 is 16.4. The third kappa shape index (κ3) is 5.48. The fraction of sp³-hybridized carbons (Fsp3) is 0.462. The van der Waals surface area contributed by atoms with E-state index in [0.717, 1.165) is 5.56 Å². The average molecular weight is 403 g/mol. The average Bonchev–Trinajstić information content (AvgIpc) is 2.73. The molecule has 2 atom stereocenters. The van der Waals surface area contributed by atoms with Crippen molar-refractivity contribution >= 4 is 51.1 Å². The first-order valence-electron chi connectivity index (χ1n) is 6.56. The fourth-order valence-corrected chi connectivity index (χ4v) is 3.70. The van der Waals surface area contributed by atoms with Crippen molar-refractivity contribution in [2.24, 2.45) is 0 Å². The molecule has 0 aromatic heterocycles. The number of carbonyl (C=O) groups is 1. The standard InChI is InChI=1S/C13H14Cl3NO5S/c1-8(18)22-11-6-9-4-2-3-5-10(9)12(11)17-23(19,20)21-7-13(14,15)16/h2-5,11-12,17H,6-7H2,1H3. The van der Waals surface area contributed by atoms with Crippen molar-refractivity contribution in [3.8, 4) is 0 Å². The highest BCUT2D eigenvalue weighted by molar-refractivity contribution is 7.84. The van der Waals surface area contributed by atoms with E-state index in [1.807, 2.05) is 12.1 Å². The largest absolute Gasteiger partial charge is 0.460 e. The summed E-state index contributed by atoms with van der Waals surface area (Å²) in [5, 5.41) is 0. The second-order valence-electron chi connectivity index (χ2n) is 4.98. The van der Waals surface area contributed by atoms with Crippen LogP contribution in [0.25, 0.3) is 0 Å². The topological polar surface area (TPSA) is 81.7 Å². The van der Waals surface area contributed by atoms with Crippen LogP contribution in [-0.4, -0.2) is 30.9 Å². The lowest BCUT2D eigenvalue weighted by molar-refractivity contribution is -0.147. The summed E-state index contributed by atoms with van der Waals surface area (Å²) < 4.78 is 34.4. The molecule has 1 aromatic carbocycles. The number of hydrogen-bond donors (Lipinski definition) is 1. The van der Waals surface area contributed by atoms with Crippen molar-refractivity contribution in [1.82, 2.24) is 4.72 Å². The lowest BCUT2D eigenvalue weighted by Gasteiger charge is -2.21. The summed E-state index contributed by atoms with van der Waals surface area (Å²) in [6.07, 6.45) is -0.274. The first-order valence-corrected chi connectivity index (χ1v) is 9.10. The first kappa shape index (κ1) is 18.8. The zero-order chi connectivity index (χ0) is 17.3. The molecule has 10 heteroatoms. The summed E-state index contributed by atoms with van der Waals surface area (Å²) in [5.41, 5.74) is 1.59. The fourth-order valence-electron chi connectivity index (χ4n) is 2.35. The predicted molar refractivity (Wildman–Crippen MR) is 86.7 cm³/mol. The van der Waals surface area contributed by atoms with Crippen LogP contribution < -0.4 is 4.72 Å². The summed E-state index contributed by atoms with van der Waals surface area (Å²) in [6, 6.07) is 6.40. The quantitative estimate of drug-likeness (QED) is 0.604. The lowest BCUT2D eigenvalue weighted by atomic mass is 10.1. The van der Waals surface area contributed by atoms with Crippen LogP contribution in [0.15, 0.2) is 24.3 Å². The summed E-state index contributed by atoms with van der Waals surface area (Å²) in [4.78, 5) is 11.2. The number of carbonyl (C=O) groups excluding carboxylic acids is 1. The van der Waals surface area contributed by atoms with E-state index in [1.54, 1.807) is 12.1 Å². The summed E-state index contributed by atoms with van der Waals surface area (Å²) in [6.45, 7) is 0.619. The van der Waals surface area contributed by atoms with E-state index >= 15 is 0 Å². The molecule has 2 rings (SSSR count). The second kappa shape index (κ2) is 7.13. The Labute approximate surface area is 149 Å². The number of esters is 1. The van der Waals surface area contributed by atoms with Crippen LogP contribution in [0.1, 0.15) is 24.1 Å². The maximum absolute atomic E-state index is 12.0. The van der Waals surface area contributed by atoms with E-state index in [9.17, 15) is 13.2 Å². The van der Waals surface area contributed by atoms with E-state index in [1.165, 1.54) is 6.92 Å². The van der Waals surface area contributed by atoms with Crippen molar-refractivity contribution in [1.29, 1.82) is 0 Å². The number of ether oxygens (including phenoxy) is 1. The molecule has 23 heavy (non-hydrogen) atoms. The number of nitrogens with one attached hydrogen (secondary N) is 1. The van der Waals surface area contributed by atoms with Gasteiger partial charge in [-0.2, -0.15) is 13.1 Å². The van der Waals surface area contributed by atoms with Crippen molar-refractivity contribution in [3.05, 3.63) is 35.4 Å². The molecule has 0 fully saturated rings.